The van der Waals surface area contributed by atoms with Gasteiger partial charge in [-0.05, 0) is 46.7 Å². The number of hydrogen-bond donors (Lipinski definition) is 1. The average Bonchev–Trinajstić information content (AvgIpc) is 3.41. The number of hydrogen-bond acceptors (Lipinski definition) is 5. The number of unbranched alkanes of at least 4 members (excludes halogenated alkanes) is 1. The molecule has 30 heavy (non-hydrogen) atoms. The molecular formula is C22H27ClN6O. The van der Waals surface area contributed by atoms with Gasteiger partial charge >= 0.3 is 0 Å². The lowest BCUT2D eigenvalue weighted by atomic mass is 9.75. The molecule has 2 atom stereocenters. The van der Waals surface area contributed by atoms with Crippen molar-refractivity contribution in [1.29, 1.82) is 0 Å². The number of aromatic nitrogens is 6. The maximum atomic E-state index is 11.6. The fraction of sp³-hybridized carbons (Fsp3) is 0.500. The first-order chi connectivity index (χ1) is 14.7. The fourth-order valence-corrected chi connectivity index (χ4v) is 4.77. The molecule has 2 unspecified atom stereocenters. The van der Waals surface area contributed by atoms with Crippen LogP contribution in [0.5, 0.6) is 0 Å². The number of nitrogens with zero attached hydrogens (tertiary/aromatic N) is 5. The number of aromatic amines is 1. The Morgan fingerprint density at radius 2 is 1.97 bits per heavy atom. The molecule has 0 amide bonds. The molecule has 0 bridgehead atoms. The van der Waals surface area contributed by atoms with Gasteiger partial charge in [-0.1, -0.05) is 62.1 Å². The number of aldehydes is 1. The lowest BCUT2D eigenvalue weighted by Crippen LogP contribution is -2.17. The van der Waals surface area contributed by atoms with Crippen LogP contribution in [0.1, 0.15) is 90.5 Å². The van der Waals surface area contributed by atoms with E-state index < -0.39 is 0 Å². The monoisotopic (exact) mass is 426 g/mol. The summed E-state index contributed by atoms with van der Waals surface area (Å²) in [5.41, 5.74) is 2.89. The Hall–Kier alpha value is -2.54. The molecule has 2 heterocycles. The number of H-pyrrole nitrogens is 1. The third-order valence-corrected chi connectivity index (χ3v) is 6.41. The molecule has 0 aliphatic heterocycles. The number of carbonyl (C=O) groups is 1. The van der Waals surface area contributed by atoms with E-state index in [1.807, 2.05) is 4.57 Å². The molecule has 2 aromatic heterocycles. The van der Waals surface area contributed by atoms with Crippen molar-refractivity contribution >= 4 is 17.9 Å². The third kappa shape index (κ3) is 4.31. The topological polar surface area (TPSA) is 89.3 Å². The minimum atomic E-state index is 0.290. The van der Waals surface area contributed by atoms with Gasteiger partial charge in [0.15, 0.2) is 17.3 Å². The van der Waals surface area contributed by atoms with E-state index >= 15 is 0 Å². The number of nitrogens with one attached hydrogen (secondary N) is 1. The molecule has 7 nitrogen and oxygen atoms in total. The van der Waals surface area contributed by atoms with Crippen molar-refractivity contribution < 1.29 is 4.79 Å². The molecule has 1 fully saturated rings. The van der Waals surface area contributed by atoms with Crippen LogP contribution in [0, 0.1) is 0 Å². The number of tetrazole rings is 1. The Labute approximate surface area is 181 Å². The molecule has 158 valence electrons. The highest BCUT2D eigenvalue weighted by Crippen LogP contribution is 2.42. The van der Waals surface area contributed by atoms with Crippen LogP contribution in [-0.4, -0.2) is 36.5 Å². The second-order valence-electron chi connectivity index (χ2n) is 8.04. The van der Waals surface area contributed by atoms with Crippen LogP contribution >= 0.6 is 11.6 Å². The van der Waals surface area contributed by atoms with Gasteiger partial charge in [-0.2, -0.15) is 0 Å². The van der Waals surface area contributed by atoms with Gasteiger partial charge in [0, 0.05) is 18.9 Å². The van der Waals surface area contributed by atoms with Gasteiger partial charge in [-0.3, -0.25) is 4.79 Å². The second-order valence-corrected chi connectivity index (χ2v) is 8.40. The molecular weight excluding hydrogens is 400 g/mol. The number of benzene rings is 1. The van der Waals surface area contributed by atoms with E-state index in [1.165, 1.54) is 18.4 Å². The molecule has 0 spiro atoms. The van der Waals surface area contributed by atoms with E-state index in [4.69, 9.17) is 11.6 Å². The molecule has 1 aliphatic carbocycles. The number of imidazole rings is 1. The van der Waals surface area contributed by atoms with Crippen molar-refractivity contribution in [3.8, 4) is 0 Å². The van der Waals surface area contributed by atoms with Crippen LogP contribution in [0.4, 0.5) is 0 Å². The molecule has 1 saturated carbocycles. The maximum Gasteiger partial charge on any atom is 0.169 e. The van der Waals surface area contributed by atoms with Crippen LogP contribution in [0.15, 0.2) is 24.3 Å². The summed E-state index contributed by atoms with van der Waals surface area (Å²) in [5, 5.41) is 15.0. The molecule has 0 radical (unpaired) electrons. The van der Waals surface area contributed by atoms with E-state index in [0.29, 0.717) is 29.2 Å². The van der Waals surface area contributed by atoms with E-state index in [-0.39, 0.29) is 0 Å². The molecule has 8 heteroatoms. The Morgan fingerprint density at radius 1 is 1.20 bits per heavy atom. The van der Waals surface area contributed by atoms with Crippen LogP contribution in [-0.2, 0) is 13.0 Å². The maximum absolute atomic E-state index is 11.6. The predicted octanol–water partition coefficient (Wildman–Crippen LogP) is 4.69. The van der Waals surface area contributed by atoms with E-state index in [1.54, 1.807) is 0 Å². The van der Waals surface area contributed by atoms with Gasteiger partial charge in [-0.25, -0.2) is 10.1 Å². The van der Waals surface area contributed by atoms with E-state index in [9.17, 15) is 4.79 Å². The van der Waals surface area contributed by atoms with Gasteiger partial charge in [0.05, 0.1) is 0 Å². The standard InChI is InChI=1S/C22H27ClN6O/c1-2-3-8-20-24-21(23)19(14-30)29(20)13-15-9-11-16(12-10-15)17-6-4-5-7-18(17)22-25-27-28-26-22/h9-12,14,17-18H,2-8,13H2,1H3,(H,25,26,27,28). The number of rotatable bonds is 8. The van der Waals surface area contributed by atoms with Crippen molar-refractivity contribution in [2.75, 3.05) is 0 Å². The van der Waals surface area contributed by atoms with Crippen molar-refractivity contribution in [3.05, 3.63) is 57.9 Å². The molecule has 1 aliphatic rings. The van der Waals surface area contributed by atoms with Crippen molar-refractivity contribution in [1.82, 2.24) is 30.2 Å². The van der Waals surface area contributed by atoms with Gasteiger partial charge in [0.25, 0.3) is 0 Å². The Kier molecular flexibility index (Phi) is 6.57. The van der Waals surface area contributed by atoms with Crippen molar-refractivity contribution in [3.63, 3.8) is 0 Å². The number of carbonyl (C=O) groups excluding carboxylic acids is 1. The van der Waals surface area contributed by atoms with Gasteiger partial charge in [0.1, 0.15) is 11.5 Å². The van der Waals surface area contributed by atoms with Gasteiger partial charge < -0.3 is 4.57 Å². The zero-order valence-electron chi connectivity index (χ0n) is 17.2. The van der Waals surface area contributed by atoms with Crippen molar-refractivity contribution in [2.24, 2.45) is 0 Å². The summed E-state index contributed by atoms with van der Waals surface area (Å²) >= 11 is 6.20. The highest BCUT2D eigenvalue weighted by Gasteiger charge is 2.30. The zero-order valence-corrected chi connectivity index (χ0v) is 18.0. The molecule has 1 N–H and O–H groups in total. The minimum absolute atomic E-state index is 0.290. The quantitative estimate of drug-likeness (QED) is 0.527. The van der Waals surface area contributed by atoms with Gasteiger partial charge in [0.2, 0.25) is 0 Å². The van der Waals surface area contributed by atoms with Crippen LogP contribution < -0.4 is 0 Å². The van der Waals surface area contributed by atoms with E-state index in [0.717, 1.165) is 55.6 Å². The molecule has 4 rings (SSSR count). The summed E-state index contributed by atoms with van der Waals surface area (Å²) in [4.78, 5) is 16.0. The van der Waals surface area contributed by atoms with Crippen LogP contribution in [0.3, 0.4) is 0 Å². The fourth-order valence-electron chi connectivity index (χ4n) is 4.53. The van der Waals surface area contributed by atoms with Crippen LogP contribution in [0.2, 0.25) is 5.15 Å². The second kappa shape index (κ2) is 9.51. The predicted molar refractivity (Wildman–Crippen MR) is 115 cm³/mol. The minimum Gasteiger partial charge on any atom is -0.320 e. The zero-order chi connectivity index (χ0) is 20.9. The van der Waals surface area contributed by atoms with E-state index in [2.05, 4.69) is 56.8 Å². The number of aryl methyl sites for hydroxylation is 1. The van der Waals surface area contributed by atoms with Crippen molar-refractivity contribution in [2.45, 2.75) is 70.3 Å². The molecule has 0 saturated heterocycles. The normalized spacial score (nSPS) is 19.1. The van der Waals surface area contributed by atoms with Gasteiger partial charge in [-0.15, -0.1) is 5.10 Å². The Balaban J connectivity index is 1.55. The highest BCUT2D eigenvalue weighted by molar-refractivity contribution is 6.31. The molecule has 1 aromatic carbocycles. The highest BCUT2D eigenvalue weighted by atomic mass is 35.5. The lowest BCUT2D eigenvalue weighted by molar-refractivity contribution is 0.111. The SMILES string of the molecule is CCCCc1nc(Cl)c(C=O)n1Cc1ccc(C2CCCCC2c2nnn[nH]2)cc1. The third-order valence-electron chi connectivity index (χ3n) is 6.13. The lowest BCUT2D eigenvalue weighted by Gasteiger charge is -2.30. The summed E-state index contributed by atoms with van der Waals surface area (Å²) in [6, 6.07) is 8.69. The average molecular weight is 427 g/mol. The largest absolute Gasteiger partial charge is 0.320 e. The smallest absolute Gasteiger partial charge is 0.169 e. The van der Waals surface area contributed by atoms with Crippen LogP contribution in [0.25, 0.3) is 0 Å². The summed E-state index contributed by atoms with van der Waals surface area (Å²) in [6.45, 7) is 2.73. The first-order valence-corrected chi connectivity index (χ1v) is 11.1. The first kappa shape index (κ1) is 20.7. The Morgan fingerprint density at radius 3 is 2.63 bits per heavy atom. The summed E-state index contributed by atoms with van der Waals surface area (Å²) < 4.78 is 1.95. The summed E-state index contributed by atoms with van der Waals surface area (Å²) in [7, 11) is 0. The number of halogens is 1. The molecule has 3 aromatic rings. The Bertz CT molecular complexity index is 966. The first-order valence-electron chi connectivity index (χ1n) is 10.7. The summed E-state index contributed by atoms with van der Waals surface area (Å²) in [6.07, 6.45) is 8.37. The summed E-state index contributed by atoms with van der Waals surface area (Å²) in [5.74, 6) is 2.50.